The molecule has 2 aliphatic heterocycles. The number of amides is 1. The Bertz CT molecular complexity index is 1270. The molecule has 0 atom stereocenters. The number of aromatic nitrogens is 1. The Labute approximate surface area is 212 Å². The molecule has 0 bridgehead atoms. The van der Waals surface area contributed by atoms with E-state index in [2.05, 4.69) is 4.90 Å². The molecule has 2 fully saturated rings. The minimum absolute atomic E-state index is 0.0950. The Balaban J connectivity index is 1.73. The summed E-state index contributed by atoms with van der Waals surface area (Å²) in [5.41, 5.74) is 2.01. The van der Waals surface area contributed by atoms with E-state index in [-0.39, 0.29) is 17.0 Å². The molecule has 0 saturated carbocycles. The first-order valence-electron chi connectivity index (χ1n) is 10.7. The van der Waals surface area contributed by atoms with Crippen molar-refractivity contribution in [3.05, 3.63) is 61.8 Å². The van der Waals surface area contributed by atoms with Gasteiger partial charge in [0.1, 0.15) is 27.5 Å². The molecule has 3 heterocycles. The third kappa shape index (κ3) is 4.60. The number of carbonyl (C=O) groups excluding carboxylic acids is 1. The number of rotatable bonds is 5. The second-order valence-electron chi connectivity index (χ2n) is 7.93. The van der Waals surface area contributed by atoms with Gasteiger partial charge in [0, 0.05) is 37.2 Å². The lowest BCUT2D eigenvalue weighted by Gasteiger charge is -2.32. The lowest BCUT2D eigenvalue weighted by Crippen LogP contribution is -2.38. The van der Waals surface area contributed by atoms with E-state index in [9.17, 15) is 14.9 Å². The summed E-state index contributed by atoms with van der Waals surface area (Å²) >= 11 is 8.64. The number of hydrogen-bond acceptors (Lipinski definition) is 8. The van der Waals surface area contributed by atoms with E-state index >= 15 is 0 Å². The van der Waals surface area contributed by atoms with Crippen LogP contribution >= 0.6 is 35.7 Å². The quantitative estimate of drug-likeness (QED) is 0.445. The first kappa shape index (κ1) is 24.4. The van der Waals surface area contributed by atoms with Crippen molar-refractivity contribution in [1.82, 2.24) is 9.47 Å². The lowest BCUT2D eigenvalue weighted by atomic mass is 10.0. The van der Waals surface area contributed by atoms with Crippen molar-refractivity contribution in [3.63, 3.8) is 0 Å². The van der Waals surface area contributed by atoms with Gasteiger partial charge in [-0.05, 0) is 36.3 Å². The average molecular weight is 513 g/mol. The van der Waals surface area contributed by atoms with Gasteiger partial charge >= 0.3 is 0 Å². The van der Waals surface area contributed by atoms with Crippen molar-refractivity contribution in [2.75, 3.05) is 36.6 Å². The Morgan fingerprint density at radius 2 is 1.88 bits per heavy atom. The summed E-state index contributed by atoms with van der Waals surface area (Å²) in [6.07, 6.45) is 1.79. The van der Waals surface area contributed by atoms with Gasteiger partial charge in [-0.2, -0.15) is 17.0 Å². The standard InChI is InChI=1S/C24H24N4O3S3/c1-15-18(21(27-8-10-33-11-9-27)26(2)22(29)19(15)13-25)12-20-23(30)28(24(32)34-20)14-16-4-6-17(31-3)7-5-16/h4-7,12H,8-11,14H2,1-3H3/b20-12-. The lowest BCUT2D eigenvalue weighted by molar-refractivity contribution is -0.122. The third-order valence-electron chi connectivity index (χ3n) is 5.93. The van der Waals surface area contributed by atoms with Gasteiger partial charge < -0.3 is 9.64 Å². The summed E-state index contributed by atoms with van der Waals surface area (Å²) in [6, 6.07) is 9.56. The predicted molar refractivity (Wildman–Crippen MR) is 142 cm³/mol. The van der Waals surface area contributed by atoms with Crippen LogP contribution in [0.1, 0.15) is 22.3 Å². The Morgan fingerprint density at radius 1 is 1.21 bits per heavy atom. The van der Waals surface area contributed by atoms with Crippen LogP contribution in [-0.4, -0.2) is 51.4 Å². The van der Waals surface area contributed by atoms with E-state index in [0.29, 0.717) is 21.3 Å². The summed E-state index contributed by atoms with van der Waals surface area (Å²) < 4.78 is 7.21. The van der Waals surface area contributed by atoms with Crippen molar-refractivity contribution in [2.45, 2.75) is 13.5 Å². The van der Waals surface area contributed by atoms with E-state index in [1.807, 2.05) is 42.1 Å². The number of ether oxygens (including phenoxy) is 1. The number of anilines is 1. The molecular weight excluding hydrogens is 488 g/mol. The largest absolute Gasteiger partial charge is 0.497 e. The van der Waals surface area contributed by atoms with Gasteiger partial charge in [-0.1, -0.05) is 36.1 Å². The SMILES string of the molecule is COc1ccc(CN2C(=O)/C(=C/c3c(C)c(C#N)c(=O)n(C)c3N3CCSCC3)SC2=S)cc1. The molecule has 0 aliphatic carbocycles. The summed E-state index contributed by atoms with van der Waals surface area (Å²) in [7, 11) is 3.30. The van der Waals surface area contributed by atoms with Crippen LogP contribution in [0.2, 0.25) is 0 Å². The number of nitriles is 1. The highest BCUT2D eigenvalue weighted by Crippen LogP contribution is 2.36. The third-order valence-corrected chi connectivity index (χ3v) is 8.25. The minimum atomic E-state index is -0.322. The molecule has 1 amide bonds. The molecule has 4 rings (SSSR count). The maximum atomic E-state index is 13.3. The number of thioether (sulfide) groups is 2. The molecule has 0 spiro atoms. The second kappa shape index (κ2) is 10.3. The maximum absolute atomic E-state index is 13.3. The summed E-state index contributed by atoms with van der Waals surface area (Å²) in [4.78, 5) is 30.4. The van der Waals surface area contributed by atoms with Crippen molar-refractivity contribution in [3.8, 4) is 11.8 Å². The zero-order valence-corrected chi connectivity index (χ0v) is 21.6. The fourth-order valence-corrected chi connectivity index (χ4v) is 6.19. The van der Waals surface area contributed by atoms with Crippen LogP contribution < -0.4 is 15.2 Å². The first-order valence-corrected chi connectivity index (χ1v) is 13.1. The Hall–Kier alpha value is -2.74. The van der Waals surface area contributed by atoms with Crippen LogP contribution in [-0.2, 0) is 18.4 Å². The summed E-state index contributed by atoms with van der Waals surface area (Å²) in [6.45, 7) is 3.72. The first-order chi connectivity index (χ1) is 16.3. The van der Waals surface area contributed by atoms with E-state index in [4.69, 9.17) is 17.0 Å². The van der Waals surface area contributed by atoms with Gasteiger partial charge in [-0.3, -0.25) is 19.1 Å². The predicted octanol–water partition coefficient (Wildman–Crippen LogP) is 3.53. The minimum Gasteiger partial charge on any atom is -0.497 e. The van der Waals surface area contributed by atoms with Gasteiger partial charge in [0.15, 0.2) is 0 Å². The van der Waals surface area contributed by atoms with Crippen LogP contribution in [0.25, 0.3) is 6.08 Å². The number of methoxy groups -OCH3 is 1. The average Bonchev–Trinajstić information content (AvgIpc) is 3.11. The molecule has 2 saturated heterocycles. The number of thiocarbonyl (C=S) groups is 1. The molecule has 34 heavy (non-hydrogen) atoms. The number of benzene rings is 1. The molecule has 2 aliphatic rings. The second-order valence-corrected chi connectivity index (χ2v) is 10.8. The molecule has 1 aromatic carbocycles. The summed E-state index contributed by atoms with van der Waals surface area (Å²) in [5, 5.41) is 9.64. The van der Waals surface area contributed by atoms with Gasteiger partial charge in [0.2, 0.25) is 0 Å². The number of carbonyl (C=O) groups is 1. The molecule has 1 aromatic heterocycles. The van der Waals surface area contributed by atoms with Crippen molar-refractivity contribution >= 4 is 57.9 Å². The highest BCUT2D eigenvalue weighted by atomic mass is 32.2. The fraction of sp³-hybridized carbons (Fsp3) is 0.333. The smallest absolute Gasteiger partial charge is 0.270 e. The molecular formula is C24H24N4O3S3. The molecule has 7 nitrogen and oxygen atoms in total. The topological polar surface area (TPSA) is 78.6 Å². The van der Waals surface area contributed by atoms with E-state index in [1.54, 1.807) is 32.1 Å². The van der Waals surface area contributed by atoms with Gasteiger partial charge in [-0.15, -0.1) is 0 Å². The van der Waals surface area contributed by atoms with Crippen LogP contribution in [0.4, 0.5) is 5.82 Å². The zero-order chi connectivity index (χ0) is 24.4. The van der Waals surface area contributed by atoms with Crippen LogP contribution in [0, 0.1) is 18.3 Å². The van der Waals surface area contributed by atoms with Crippen LogP contribution in [0.15, 0.2) is 34.0 Å². The Kier molecular flexibility index (Phi) is 7.36. The number of hydrogen-bond donors (Lipinski definition) is 0. The maximum Gasteiger partial charge on any atom is 0.270 e. The van der Waals surface area contributed by atoms with Crippen LogP contribution in [0.3, 0.4) is 0 Å². The van der Waals surface area contributed by atoms with Crippen LogP contribution in [0.5, 0.6) is 5.75 Å². The molecule has 176 valence electrons. The van der Waals surface area contributed by atoms with Crippen molar-refractivity contribution < 1.29 is 9.53 Å². The molecule has 0 radical (unpaired) electrons. The molecule has 0 N–H and O–H groups in total. The van der Waals surface area contributed by atoms with E-state index < -0.39 is 0 Å². The highest BCUT2D eigenvalue weighted by Gasteiger charge is 2.33. The molecule has 2 aromatic rings. The van der Waals surface area contributed by atoms with E-state index in [1.165, 1.54) is 16.3 Å². The normalized spacial score (nSPS) is 17.4. The molecule has 10 heteroatoms. The number of nitrogens with zero attached hydrogens (tertiary/aromatic N) is 4. The molecule has 0 unspecified atom stereocenters. The van der Waals surface area contributed by atoms with Crippen molar-refractivity contribution in [1.29, 1.82) is 5.26 Å². The fourth-order valence-electron chi connectivity index (χ4n) is 4.05. The van der Waals surface area contributed by atoms with E-state index in [0.717, 1.165) is 47.3 Å². The monoisotopic (exact) mass is 512 g/mol. The summed E-state index contributed by atoms with van der Waals surface area (Å²) in [5.74, 6) is 3.21. The highest BCUT2D eigenvalue weighted by molar-refractivity contribution is 8.26. The van der Waals surface area contributed by atoms with Gasteiger partial charge in [0.25, 0.3) is 11.5 Å². The Morgan fingerprint density at radius 3 is 2.50 bits per heavy atom. The zero-order valence-electron chi connectivity index (χ0n) is 19.2. The van der Waals surface area contributed by atoms with Gasteiger partial charge in [0.05, 0.1) is 18.6 Å². The van der Waals surface area contributed by atoms with Gasteiger partial charge in [-0.25, -0.2) is 0 Å². The number of pyridine rings is 1. The van der Waals surface area contributed by atoms with Crippen molar-refractivity contribution in [2.24, 2.45) is 7.05 Å².